The second kappa shape index (κ2) is 6.99. The first kappa shape index (κ1) is 18.9. The first-order valence-corrected chi connectivity index (χ1v) is 8.26. The summed E-state index contributed by atoms with van der Waals surface area (Å²) in [5.41, 5.74) is 4.85. The molecule has 1 amide bonds. The molecule has 0 atom stereocenters. The Bertz CT molecular complexity index is 405. The molecule has 0 saturated heterocycles. The number of nitrogens with one attached hydrogen (secondary N) is 1. The quantitative estimate of drug-likeness (QED) is 0.817. The smallest absolute Gasteiger partial charge is 0.407 e. The van der Waals surface area contributed by atoms with E-state index in [0.717, 1.165) is 32.1 Å². The van der Waals surface area contributed by atoms with Crippen LogP contribution >= 0.6 is 0 Å². The number of carbonyl (C=O) groups is 2. The minimum absolute atomic E-state index is 0.0183. The number of alkyl carbamates (subject to hydrolysis) is 1. The Hall–Kier alpha value is -1.10. The molecule has 22 heavy (non-hydrogen) atoms. The van der Waals surface area contributed by atoms with Gasteiger partial charge in [-0.25, -0.2) is 4.79 Å². The minimum atomic E-state index is -0.484. The van der Waals surface area contributed by atoms with Crippen LogP contribution in [0.15, 0.2) is 0 Å². The van der Waals surface area contributed by atoms with E-state index in [1.54, 1.807) is 0 Å². The fourth-order valence-corrected chi connectivity index (χ4v) is 3.15. The van der Waals surface area contributed by atoms with Crippen LogP contribution in [0.4, 0.5) is 4.79 Å². The summed E-state index contributed by atoms with van der Waals surface area (Å²) in [6.45, 7) is 10.5. The fourth-order valence-electron chi connectivity index (χ4n) is 3.15. The minimum Gasteiger partial charge on any atom is -0.444 e. The van der Waals surface area contributed by atoms with Gasteiger partial charge in [-0.1, -0.05) is 13.8 Å². The molecular formula is C17H32N2O3. The Morgan fingerprint density at radius 3 is 2.14 bits per heavy atom. The number of Topliss-reactive ketones (excluding diaryl/α,β-unsaturated/α-hetero) is 1. The second-order valence-electron chi connectivity index (χ2n) is 7.93. The predicted molar refractivity (Wildman–Crippen MR) is 87.6 cm³/mol. The van der Waals surface area contributed by atoms with Gasteiger partial charge in [0.15, 0.2) is 5.78 Å². The third kappa shape index (κ3) is 4.97. The van der Waals surface area contributed by atoms with Crippen molar-refractivity contribution in [2.45, 2.75) is 72.3 Å². The van der Waals surface area contributed by atoms with Gasteiger partial charge in [-0.05, 0) is 58.3 Å². The largest absolute Gasteiger partial charge is 0.444 e. The number of hydrogen-bond acceptors (Lipinski definition) is 4. The highest BCUT2D eigenvalue weighted by Crippen LogP contribution is 2.47. The Balaban J connectivity index is 2.54. The fraction of sp³-hybridized carbons (Fsp3) is 0.882. The lowest BCUT2D eigenvalue weighted by Gasteiger charge is -2.43. The first-order valence-electron chi connectivity index (χ1n) is 8.26. The van der Waals surface area contributed by atoms with Crippen molar-refractivity contribution in [3.63, 3.8) is 0 Å². The van der Waals surface area contributed by atoms with Gasteiger partial charge < -0.3 is 15.8 Å². The summed E-state index contributed by atoms with van der Waals surface area (Å²) in [6.07, 6.45) is 4.01. The summed E-state index contributed by atoms with van der Waals surface area (Å²) in [5, 5.41) is 2.87. The molecule has 0 spiro atoms. The molecule has 0 radical (unpaired) electrons. The molecule has 1 rings (SSSR count). The maximum atomic E-state index is 12.1. The SMILES string of the molecule is CC[C@]1(C(=O)CN)CC[C@@](C)(CNC(=O)OC(C)(C)C)CC1. The van der Waals surface area contributed by atoms with E-state index in [0.29, 0.717) is 6.54 Å². The van der Waals surface area contributed by atoms with Crippen LogP contribution < -0.4 is 11.1 Å². The average molecular weight is 312 g/mol. The second-order valence-corrected chi connectivity index (χ2v) is 7.93. The maximum absolute atomic E-state index is 12.1. The van der Waals surface area contributed by atoms with Crippen molar-refractivity contribution in [2.24, 2.45) is 16.6 Å². The van der Waals surface area contributed by atoms with Gasteiger partial charge in [0.05, 0.1) is 6.54 Å². The molecule has 1 saturated carbocycles. The third-order valence-electron chi connectivity index (χ3n) is 4.93. The van der Waals surface area contributed by atoms with E-state index in [-0.39, 0.29) is 29.3 Å². The third-order valence-corrected chi connectivity index (χ3v) is 4.93. The molecule has 3 N–H and O–H groups in total. The number of hydrogen-bond donors (Lipinski definition) is 2. The summed E-state index contributed by atoms with van der Waals surface area (Å²) in [4.78, 5) is 23.9. The van der Waals surface area contributed by atoms with Gasteiger partial charge in [0, 0.05) is 12.0 Å². The number of nitrogens with two attached hydrogens (primary N) is 1. The summed E-state index contributed by atoms with van der Waals surface area (Å²) < 4.78 is 5.27. The number of ketones is 1. The van der Waals surface area contributed by atoms with Crippen LogP contribution in [0.2, 0.25) is 0 Å². The molecule has 1 aliphatic rings. The zero-order valence-electron chi connectivity index (χ0n) is 14.8. The zero-order chi connectivity index (χ0) is 17.0. The van der Waals surface area contributed by atoms with Crippen LogP contribution in [0.25, 0.3) is 0 Å². The summed E-state index contributed by atoms with van der Waals surface area (Å²) in [7, 11) is 0. The molecule has 0 aromatic rings. The van der Waals surface area contributed by atoms with E-state index in [4.69, 9.17) is 10.5 Å². The molecule has 0 heterocycles. The van der Waals surface area contributed by atoms with Gasteiger partial charge in [0.2, 0.25) is 0 Å². The van der Waals surface area contributed by atoms with Gasteiger partial charge in [-0.2, -0.15) is 0 Å². The number of ether oxygens (including phenoxy) is 1. The van der Waals surface area contributed by atoms with Crippen LogP contribution in [0.5, 0.6) is 0 Å². The lowest BCUT2D eigenvalue weighted by Crippen LogP contribution is -2.45. The summed E-state index contributed by atoms with van der Waals surface area (Å²) >= 11 is 0. The molecule has 5 heteroatoms. The van der Waals surface area contributed by atoms with E-state index >= 15 is 0 Å². The Kier molecular flexibility index (Phi) is 6.02. The molecular weight excluding hydrogens is 280 g/mol. The van der Waals surface area contributed by atoms with Gasteiger partial charge in [0.1, 0.15) is 5.60 Å². The molecule has 128 valence electrons. The van der Waals surface area contributed by atoms with Gasteiger partial charge in [0.25, 0.3) is 0 Å². The van der Waals surface area contributed by atoms with E-state index in [9.17, 15) is 9.59 Å². The van der Waals surface area contributed by atoms with Crippen molar-refractivity contribution in [2.75, 3.05) is 13.1 Å². The van der Waals surface area contributed by atoms with E-state index < -0.39 is 5.60 Å². The van der Waals surface area contributed by atoms with E-state index in [1.165, 1.54) is 0 Å². The normalized spacial score (nSPS) is 29.0. The van der Waals surface area contributed by atoms with Crippen molar-refractivity contribution in [1.82, 2.24) is 5.32 Å². The highest BCUT2D eigenvalue weighted by molar-refractivity contribution is 5.86. The van der Waals surface area contributed by atoms with Crippen molar-refractivity contribution in [1.29, 1.82) is 0 Å². The van der Waals surface area contributed by atoms with Crippen LogP contribution in [0.3, 0.4) is 0 Å². The summed E-state index contributed by atoms with van der Waals surface area (Å²) in [6, 6.07) is 0. The monoisotopic (exact) mass is 312 g/mol. The van der Waals surface area contributed by atoms with Crippen molar-refractivity contribution in [3.05, 3.63) is 0 Å². The molecule has 0 unspecified atom stereocenters. The number of amides is 1. The molecule has 0 aromatic carbocycles. The van der Waals surface area contributed by atoms with Crippen molar-refractivity contribution >= 4 is 11.9 Å². The molecule has 1 aliphatic carbocycles. The number of rotatable bonds is 5. The van der Waals surface area contributed by atoms with Crippen molar-refractivity contribution in [3.8, 4) is 0 Å². The maximum Gasteiger partial charge on any atom is 0.407 e. The van der Waals surface area contributed by atoms with E-state index in [1.807, 2.05) is 20.8 Å². The van der Waals surface area contributed by atoms with Crippen molar-refractivity contribution < 1.29 is 14.3 Å². The van der Waals surface area contributed by atoms with Crippen LogP contribution in [-0.4, -0.2) is 30.6 Å². The highest BCUT2D eigenvalue weighted by atomic mass is 16.6. The van der Waals surface area contributed by atoms with Gasteiger partial charge in [-0.15, -0.1) is 0 Å². The average Bonchev–Trinajstić information content (AvgIpc) is 2.44. The van der Waals surface area contributed by atoms with Gasteiger partial charge in [-0.3, -0.25) is 4.79 Å². The Morgan fingerprint density at radius 1 is 1.18 bits per heavy atom. The van der Waals surface area contributed by atoms with Gasteiger partial charge >= 0.3 is 6.09 Å². The topological polar surface area (TPSA) is 81.4 Å². The van der Waals surface area contributed by atoms with Crippen LogP contribution in [0.1, 0.15) is 66.7 Å². The molecule has 0 aromatic heterocycles. The Morgan fingerprint density at radius 2 is 1.73 bits per heavy atom. The zero-order valence-corrected chi connectivity index (χ0v) is 14.8. The summed E-state index contributed by atoms with van der Waals surface area (Å²) in [5.74, 6) is 0.178. The lowest BCUT2D eigenvalue weighted by molar-refractivity contribution is -0.130. The molecule has 5 nitrogen and oxygen atoms in total. The predicted octanol–water partition coefficient (Wildman–Crippen LogP) is 3.02. The molecule has 0 bridgehead atoms. The standard InChI is InChI=1S/C17H32N2O3/c1-6-17(13(20)11-18)9-7-16(5,8-10-17)12-19-14(21)22-15(2,3)4/h6-12,18H2,1-5H3,(H,19,21)/t16-,17+. The number of carbonyl (C=O) groups excluding carboxylic acids is 2. The Labute approximate surface area is 134 Å². The highest BCUT2D eigenvalue weighted by Gasteiger charge is 2.43. The lowest BCUT2D eigenvalue weighted by atomic mass is 9.61. The van der Waals surface area contributed by atoms with E-state index in [2.05, 4.69) is 19.2 Å². The molecule has 1 fully saturated rings. The molecule has 0 aliphatic heterocycles. The van der Waals surface area contributed by atoms with Crippen LogP contribution in [0, 0.1) is 10.8 Å². The van der Waals surface area contributed by atoms with Crippen LogP contribution in [-0.2, 0) is 9.53 Å². The first-order chi connectivity index (χ1) is 10.1.